The minimum atomic E-state index is -3.56. The van der Waals surface area contributed by atoms with Crippen LogP contribution in [0.4, 0.5) is 0 Å². The van der Waals surface area contributed by atoms with E-state index in [1.54, 1.807) is 38.1 Å². The van der Waals surface area contributed by atoms with Gasteiger partial charge in [0.05, 0.1) is 23.5 Å². The van der Waals surface area contributed by atoms with Crippen LogP contribution in [0.1, 0.15) is 41.0 Å². The molecule has 21 heavy (non-hydrogen) atoms. The Balaban J connectivity index is 2.13. The van der Waals surface area contributed by atoms with E-state index in [1.807, 2.05) is 0 Å². The molecule has 1 aromatic carbocycles. The molecule has 0 saturated heterocycles. The number of carbonyl (C=O) groups is 2. The number of amides is 2. The van der Waals surface area contributed by atoms with Gasteiger partial charge in [-0.15, -0.1) is 0 Å². The topological polar surface area (TPSA) is 80.8 Å². The number of hydrogen-bond donors (Lipinski definition) is 0. The van der Waals surface area contributed by atoms with Crippen molar-refractivity contribution in [3.8, 4) is 0 Å². The van der Waals surface area contributed by atoms with E-state index in [0.29, 0.717) is 11.1 Å². The van der Waals surface area contributed by atoms with Crippen LogP contribution in [-0.4, -0.2) is 43.5 Å². The Kier molecular flexibility index (Phi) is 4.15. The van der Waals surface area contributed by atoms with Crippen LogP contribution in [0.2, 0.25) is 0 Å². The number of carbonyl (C=O) groups excluding carboxylic acids is 2. The molecule has 1 aromatic rings. The predicted octanol–water partition coefficient (Wildman–Crippen LogP) is 1.43. The second-order valence-corrected chi connectivity index (χ2v) is 6.82. The van der Waals surface area contributed by atoms with Gasteiger partial charge in [-0.25, -0.2) is 0 Å². The molecule has 1 aliphatic rings. The summed E-state index contributed by atoms with van der Waals surface area (Å²) in [6.07, 6.45) is 0.605. The van der Waals surface area contributed by atoms with Gasteiger partial charge in [-0.1, -0.05) is 12.1 Å². The van der Waals surface area contributed by atoms with Gasteiger partial charge in [0.2, 0.25) is 0 Å². The zero-order valence-electron chi connectivity index (χ0n) is 12.1. The summed E-state index contributed by atoms with van der Waals surface area (Å²) >= 11 is 0. The molecule has 2 atom stereocenters. The van der Waals surface area contributed by atoms with E-state index in [9.17, 15) is 18.0 Å². The number of hydrogen-bond acceptors (Lipinski definition) is 5. The number of imide groups is 1. The molecule has 0 spiro atoms. The first-order valence-corrected chi connectivity index (χ1v) is 8.37. The summed E-state index contributed by atoms with van der Waals surface area (Å²) in [4.78, 5) is 25.7. The zero-order chi connectivity index (χ0) is 15.8. The molecule has 6 nitrogen and oxygen atoms in total. The molecule has 2 rings (SSSR count). The molecular weight excluding hydrogens is 294 g/mol. The second kappa shape index (κ2) is 5.57. The SMILES string of the molecule is C[C@H](C[C@H](C)N1C(=O)c2ccccc2C1=O)OS(C)(=O)=O. The second-order valence-electron chi connectivity index (χ2n) is 5.22. The van der Waals surface area contributed by atoms with Crippen molar-refractivity contribution in [1.82, 2.24) is 4.90 Å². The lowest BCUT2D eigenvalue weighted by atomic mass is 10.1. The van der Waals surface area contributed by atoms with Gasteiger partial charge >= 0.3 is 0 Å². The van der Waals surface area contributed by atoms with Crippen LogP contribution in [0.25, 0.3) is 0 Å². The number of rotatable bonds is 5. The highest BCUT2D eigenvalue weighted by molar-refractivity contribution is 7.86. The Morgan fingerprint density at radius 1 is 1.10 bits per heavy atom. The number of nitrogens with zero attached hydrogens (tertiary/aromatic N) is 1. The predicted molar refractivity (Wildman–Crippen MR) is 76.4 cm³/mol. The van der Waals surface area contributed by atoms with E-state index in [4.69, 9.17) is 4.18 Å². The van der Waals surface area contributed by atoms with Gasteiger partial charge in [-0.05, 0) is 32.4 Å². The first-order valence-electron chi connectivity index (χ1n) is 6.56. The largest absolute Gasteiger partial charge is 0.271 e. The molecule has 0 radical (unpaired) electrons. The average molecular weight is 311 g/mol. The van der Waals surface area contributed by atoms with Crippen LogP contribution in [0.5, 0.6) is 0 Å². The molecule has 1 aliphatic heterocycles. The lowest BCUT2D eigenvalue weighted by Gasteiger charge is -2.24. The standard InChI is InChI=1S/C14H17NO5S/c1-9(8-10(2)20-21(3,18)19)15-13(16)11-6-4-5-7-12(11)14(15)17/h4-7,9-10H,8H2,1-3H3/t9-,10+/m0/s1. The highest BCUT2D eigenvalue weighted by Gasteiger charge is 2.38. The summed E-state index contributed by atoms with van der Waals surface area (Å²) in [7, 11) is -3.56. The molecule has 0 N–H and O–H groups in total. The summed E-state index contributed by atoms with van der Waals surface area (Å²) in [6, 6.07) is 6.17. The quantitative estimate of drug-likeness (QED) is 0.607. The van der Waals surface area contributed by atoms with Crippen LogP contribution < -0.4 is 0 Å². The van der Waals surface area contributed by atoms with Crippen LogP contribution in [-0.2, 0) is 14.3 Å². The van der Waals surface area contributed by atoms with Gasteiger partial charge in [-0.3, -0.25) is 18.7 Å². The third kappa shape index (κ3) is 3.30. The Labute approximate surface area is 123 Å². The van der Waals surface area contributed by atoms with E-state index >= 15 is 0 Å². The van der Waals surface area contributed by atoms with Gasteiger partial charge in [-0.2, -0.15) is 8.42 Å². The Hall–Kier alpha value is -1.73. The maximum atomic E-state index is 12.3. The molecular formula is C14H17NO5S. The Bertz CT molecular complexity index is 647. The molecule has 2 amide bonds. The monoisotopic (exact) mass is 311 g/mol. The molecule has 0 fully saturated rings. The Morgan fingerprint density at radius 2 is 1.57 bits per heavy atom. The van der Waals surface area contributed by atoms with E-state index in [0.717, 1.165) is 11.2 Å². The molecule has 0 saturated carbocycles. The smallest absolute Gasteiger partial charge is 0.264 e. The van der Waals surface area contributed by atoms with Crippen molar-refractivity contribution in [2.24, 2.45) is 0 Å². The van der Waals surface area contributed by atoms with Crippen molar-refractivity contribution in [2.75, 3.05) is 6.26 Å². The highest BCUT2D eigenvalue weighted by Crippen LogP contribution is 2.26. The maximum Gasteiger partial charge on any atom is 0.264 e. The summed E-state index contributed by atoms with van der Waals surface area (Å²) < 4.78 is 27.0. The van der Waals surface area contributed by atoms with Crippen molar-refractivity contribution in [2.45, 2.75) is 32.4 Å². The molecule has 114 valence electrons. The van der Waals surface area contributed by atoms with Crippen molar-refractivity contribution in [1.29, 1.82) is 0 Å². The van der Waals surface area contributed by atoms with Crippen molar-refractivity contribution >= 4 is 21.9 Å². The van der Waals surface area contributed by atoms with Gasteiger partial charge < -0.3 is 0 Å². The fraction of sp³-hybridized carbons (Fsp3) is 0.429. The van der Waals surface area contributed by atoms with Crippen molar-refractivity contribution in [3.05, 3.63) is 35.4 Å². The number of fused-ring (bicyclic) bond motifs is 1. The minimum Gasteiger partial charge on any atom is -0.271 e. The van der Waals surface area contributed by atoms with Crippen LogP contribution in [0.3, 0.4) is 0 Å². The zero-order valence-corrected chi connectivity index (χ0v) is 12.9. The van der Waals surface area contributed by atoms with Crippen LogP contribution in [0, 0.1) is 0 Å². The van der Waals surface area contributed by atoms with Crippen LogP contribution in [0.15, 0.2) is 24.3 Å². The first kappa shape index (κ1) is 15.7. The van der Waals surface area contributed by atoms with E-state index < -0.39 is 22.3 Å². The summed E-state index contributed by atoms with van der Waals surface area (Å²) in [5.41, 5.74) is 0.761. The molecule has 7 heteroatoms. The third-order valence-electron chi connectivity index (χ3n) is 3.28. The van der Waals surface area contributed by atoms with Crippen molar-refractivity contribution < 1.29 is 22.2 Å². The fourth-order valence-corrected chi connectivity index (χ4v) is 3.21. The van der Waals surface area contributed by atoms with Crippen LogP contribution >= 0.6 is 0 Å². The number of benzene rings is 1. The normalized spacial score (nSPS) is 17.8. The fourth-order valence-electron chi connectivity index (χ4n) is 2.53. The lowest BCUT2D eigenvalue weighted by Crippen LogP contribution is -2.40. The molecule has 1 heterocycles. The summed E-state index contributed by atoms with van der Waals surface area (Å²) in [6.45, 7) is 3.29. The Morgan fingerprint density at radius 3 is 2.00 bits per heavy atom. The van der Waals surface area contributed by atoms with Gasteiger partial charge in [0.25, 0.3) is 21.9 Å². The first-order chi connectivity index (χ1) is 9.70. The van der Waals surface area contributed by atoms with Gasteiger partial charge in [0, 0.05) is 6.04 Å². The average Bonchev–Trinajstić information content (AvgIpc) is 2.60. The third-order valence-corrected chi connectivity index (χ3v) is 3.96. The molecule has 0 bridgehead atoms. The van der Waals surface area contributed by atoms with Gasteiger partial charge in [0.15, 0.2) is 0 Å². The molecule has 0 unspecified atom stereocenters. The molecule has 0 aromatic heterocycles. The van der Waals surface area contributed by atoms with E-state index in [1.165, 1.54) is 0 Å². The molecule has 0 aliphatic carbocycles. The minimum absolute atomic E-state index is 0.249. The highest BCUT2D eigenvalue weighted by atomic mass is 32.2. The van der Waals surface area contributed by atoms with E-state index in [2.05, 4.69) is 0 Å². The van der Waals surface area contributed by atoms with Crippen molar-refractivity contribution in [3.63, 3.8) is 0 Å². The maximum absolute atomic E-state index is 12.3. The van der Waals surface area contributed by atoms with Gasteiger partial charge in [0.1, 0.15) is 0 Å². The summed E-state index contributed by atoms with van der Waals surface area (Å²) in [5.74, 6) is -0.704. The summed E-state index contributed by atoms with van der Waals surface area (Å²) in [5, 5.41) is 0. The lowest BCUT2D eigenvalue weighted by molar-refractivity contribution is 0.0560. The van der Waals surface area contributed by atoms with E-state index in [-0.39, 0.29) is 18.2 Å².